The van der Waals surface area contributed by atoms with E-state index in [0.717, 1.165) is 61.0 Å². The fourth-order valence-electron chi connectivity index (χ4n) is 4.66. The van der Waals surface area contributed by atoms with E-state index in [4.69, 9.17) is 6.42 Å². The van der Waals surface area contributed by atoms with Crippen molar-refractivity contribution in [2.24, 2.45) is 0 Å². The summed E-state index contributed by atoms with van der Waals surface area (Å²) in [7, 11) is 2.13. The molecule has 0 spiro atoms. The molecule has 0 aromatic heterocycles. The third-order valence-electron chi connectivity index (χ3n) is 6.71. The predicted octanol–water partition coefficient (Wildman–Crippen LogP) is 1.86. The van der Waals surface area contributed by atoms with E-state index < -0.39 is 6.04 Å². The highest BCUT2D eigenvalue weighted by Crippen LogP contribution is 2.21. The van der Waals surface area contributed by atoms with Crippen LogP contribution in [0.15, 0.2) is 36.4 Å². The van der Waals surface area contributed by atoms with Gasteiger partial charge in [-0.25, -0.2) is 4.79 Å². The van der Waals surface area contributed by atoms with Crippen molar-refractivity contribution < 1.29 is 9.59 Å². The van der Waals surface area contributed by atoms with Gasteiger partial charge >= 0.3 is 6.03 Å². The van der Waals surface area contributed by atoms with Crippen LogP contribution in [0, 0.1) is 12.3 Å². The van der Waals surface area contributed by atoms with E-state index in [9.17, 15) is 9.59 Å². The van der Waals surface area contributed by atoms with Gasteiger partial charge in [0.05, 0.1) is 0 Å². The summed E-state index contributed by atoms with van der Waals surface area (Å²) >= 11 is 0. The Morgan fingerprint density at radius 1 is 1.09 bits per heavy atom. The number of carbonyl (C=O) groups is 2. The predicted molar refractivity (Wildman–Crippen MR) is 131 cm³/mol. The minimum atomic E-state index is -0.405. The number of fused-ring (bicyclic) bond motifs is 1. The average molecular weight is 448 g/mol. The molecule has 7 heteroatoms. The largest absolute Gasteiger partial charge is 0.353 e. The van der Waals surface area contributed by atoms with E-state index in [-0.39, 0.29) is 11.9 Å². The molecule has 0 bridgehead atoms. The number of nitrogens with zero attached hydrogens (tertiary/aromatic N) is 3. The van der Waals surface area contributed by atoms with Gasteiger partial charge in [0.15, 0.2) is 0 Å². The minimum Gasteiger partial charge on any atom is -0.353 e. The highest BCUT2D eigenvalue weighted by atomic mass is 16.2. The molecule has 7 nitrogen and oxygen atoms in total. The van der Waals surface area contributed by atoms with Crippen LogP contribution < -0.4 is 10.6 Å². The number of piperazine rings is 1. The molecule has 0 radical (unpaired) electrons. The van der Waals surface area contributed by atoms with Crippen molar-refractivity contribution in [1.29, 1.82) is 0 Å². The smallest absolute Gasteiger partial charge is 0.318 e. The molecule has 1 atom stereocenters. The Morgan fingerprint density at radius 2 is 1.91 bits per heavy atom. The zero-order valence-corrected chi connectivity index (χ0v) is 19.3. The molecule has 2 saturated heterocycles. The van der Waals surface area contributed by atoms with Gasteiger partial charge in [0, 0.05) is 57.9 Å². The summed E-state index contributed by atoms with van der Waals surface area (Å²) in [6.45, 7) is 6.62. The second-order valence-electron chi connectivity index (χ2n) is 8.94. The Morgan fingerprint density at radius 3 is 2.70 bits per heavy atom. The standard InChI is InChI=1S/C26H33N5O2/c1-3-20-9-10-21-6-4-7-22(23(21)18-20)19-28-26(33)31-12-5-8-24(31)25(32)27-11-13-30-16-14-29(2)15-17-30/h1,4,6-7,9-10,18,24H,5,8,11-17,19H2,2H3,(H,27,32)(H,28,33)/t24-/m0/s1. The van der Waals surface area contributed by atoms with Crippen LogP contribution in [0.4, 0.5) is 4.79 Å². The third-order valence-corrected chi connectivity index (χ3v) is 6.71. The summed E-state index contributed by atoms with van der Waals surface area (Å²) < 4.78 is 0. The summed E-state index contributed by atoms with van der Waals surface area (Å²) in [5.74, 6) is 2.61. The number of terminal acetylenes is 1. The van der Waals surface area contributed by atoms with Crippen molar-refractivity contribution in [2.75, 3.05) is 52.9 Å². The van der Waals surface area contributed by atoms with Gasteiger partial charge in [-0.05, 0) is 48.4 Å². The molecule has 0 unspecified atom stereocenters. The molecule has 2 heterocycles. The number of likely N-dealkylation sites (N-methyl/N-ethyl adjacent to an activating group) is 1. The summed E-state index contributed by atoms with van der Waals surface area (Å²) in [6, 6.07) is 11.3. The minimum absolute atomic E-state index is 0.0550. The van der Waals surface area contributed by atoms with Crippen LogP contribution in [0.3, 0.4) is 0 Å². The number of amides is 3. The molecule has 2 fully saturated rings. The van der Waals surface area contributed by atoms with Crippen molar-refractivity contribution in [3.05, 3.63) is 47.5 Å². The van der Waals surface area contributed by atoms with Crippen molar-refractivity contribution in [3.8, 4) is 12.3 Å². The molecule has 2 aromatic rings. The number of likely N-dealkylation sites (tertiary alicyclic amines) is 1. The van der Waals surface area contributed by atoms with E-state index >= 15 is 0 Å². The molecule has 174 valence electrons. The molecule has 2 aliphatic rings. The zero-order valence-electron chi connectivity index (χ0n) is 19.3. The van der Waals surface area contributed by atoms with Crippen molar-refractivity contribution in [1.82, 2.24) is 25.3 Å². The van der Waals surface area contributed by atoms with Crippen LogP contribution in [0.5, 0.6) is 0 Å². The van der Waals surface area contributed by atoms with E-state index in [2.05, 4.69) is 33.4 Å². The van der Waals surface area contributed by atoms with Gasteiger partial charge in [-0.1, -0.05) is 30.2 Å². The Labute approximate surface area is 196 Å². The van der Waals surface area contributed by atoms with E-state index in [0.29, 0.717) is 26.1 Å². The first-order valence-corrected chi connectivity index (χ1v) is 11.8. The summed E-state index contributed by atoms with van der Waals surface area (Å²) in [4.78, 5) is 32.1. The lowest BCUT2D eigenvalue weighted by Gasteiger charge is -2.32. The number of hydrogen-bond donors (Lipinski definition) is 2. The SMILES string of the molecule is C#Cc1ccc2cccc(CNC(=O)N3CCC[C@H]3C(=O)NCCN3CCN(C)CC3)c2c1. The van der Waals surface area contributed by atoms with Crippen LogP contribution in [0.2, 0.25) is 0 Å². The van der Waals surface area contributed by atoms with E-state index in [1.54, 1.807) is 4.90 Å². The molecule has 2 aliphatic heterocycles. The number of hydrogen-bond acceptors (Lipinski definition) is 4. The highest BCUT2D eigenvalue weighted by Gasteiger charge is 2.34. The molecule has 2 N–H and O–H groups in total. The second kappa shape index (κ2) is 10.7. The maximum Gasteiger partial charge on any atom is 0.318 e. The molecule has 33 heavy (non-hydrogen) atoms. The molecule has 2 aromatic carbocycles. The normalized spacial score (nSPS) is 19.4. The van der Waals surface area contributed by atoms with Gasteiger partial charge in [0.1, 0.15) is 6.04 Å². The first-order valence-electron chi connectivity index (χ1n) is 11.8. The molecule has 4 rings (SSSR count). The first kappa shape index (κ1) is 23.1. The lowest BCUT2D eigenvalue weighted by Crippen LogP contribution is -2.51. The Hall–Kier alpha value is -3.08. The Bertz CT molecular complexity index is 1040. The summed E-state index contributed by atoms with van der Waals surface area (Å²) in [5, 5.41) is 8.17. The average Bonchev–Trinajstić information content (AvgIpc) is 3.33. The highest BCUT2D eigenvalue weighted by molar-refractivity contribution is 5.89. The molecular formula is C26H33N5O2. The monoisotopic (exact) mass is 447 g/mol. The summed E-state index contributed by atoms with van der Waals surface area (Å²) in [6.07, 6.45) is 7.09. The first-order chi connectivity index (χ1) is 16.0. The maximum atomic E-state index is 12.9. The van der Waals surface area contributed by atoms with Gasteiger partial charge in [0.25, 0.3) is 0 Å². The van der Waals surface area contributed by atoms with Crippen LogP contribution in [0.25, 0.3) is 10.8 Å². The quantitative estimate of drug-likeness (QED) is 0.664. The van der Waals surface area contributed by atoms with Crippen LogP contribution in [-0.2, 0) is 11.3 Å². The van der Waals surface area contributed by atoms with E-state index in [1.165, 1.54) is 0 Å². The van der Waals surface area contributed by atoms with Crippen LogP contribution in [-0.4, -0.2) is 85.5 Å². The Balaban J connectivity index is 1.30. The molecule has 3 amide bonds. The lowest BCUT2D eigenvalue weighted by atomic mass is 10.0. The number of benzene rings is 2. The van der Waals surface area contributed by atoms with Crippen molar-refractivity contribution in [2.45, 2.75) is 25.4 Å². The van der Waals surface area contributed by atoms with Gasteiger partial charge in [-0.3, -0.25) is 9.69 Å². The maximum absolute atomic E-state index is 12.9. The second-order valence-corrected chi connectivity index (χ2v) is 8.94. The number of urea groups is 1. The van der Waals surface area contributed by atoms with Crippen LogP contribution >= 0.6 is 0 Å². The molecular weight excluding hydrogens is 414 g/mol. The van der Waals surface area contributed by atoms with Crippen LogP contribution in [0.1, 0.15) is 24.0 Å². The van der Waals surface area contributed by atoms with Gasteiger partial charge < -0.3 is 20.4 Å². The van der Waals surface area contributed by atoms with E-state index in [1.807, 2.05) is 36.4 Å². The topological polar surface area (TPSA) is 67.9 Å². The van der Waals surface area contributed by atoms with Crippen molar-refractivity contribution in [3.63, 3.8) is 0 Å². The fourth-order valence-corrected chi connectivity index (χ4v) is 4.66. The third kappa shape index (κ3) is 5.65. The zero-order chi connectivity index (χ0) is 23.2. The van der Waals surface area contributed by atoms with Crippen molar-refractivity contribution >= 4 is 22.7 Å². The number of nitrogens with one attached hydrogen (secondary N) is 2. The number of rotatable bonds is 6. The Kier molecular flexibility index (Phi) is 7.48. The van der Waals surface area contributed by atoms with Gasteiger partial charge in [-0.15, -0.1) is 6.42 Å². The van der Waals surface area contributed by atoms with Gasteiger partial charge in [0.2, 0.25) is 5.91 Å². The molecule has 0 saturated carbocycles. The lowest BCUT2D eigenvalue weighted by molar-refractivity contribution is -0.124. The fraction of sp³-hybridized carbons (Fsp3) is 0.462. The summed E-state index contributed by atoms with van der Waals surface area (Å²) in [5.41, 5.74) is 1.82. The van der Waals surface area contributed by atoms with Gasteiger partial charge in [-0.2, -0.15) is 0 Å². The molecule has 0 aliphatic carbocycles. The number of carbonyl (C=O) groups excluding carboxylic acids is 2.